The van der Waals surface area contributed by atoms with E-state index in [1.165, 1.54) is 6.92 Å². The van der Waals surface area contributed by atoms with Crippen molar-refractivity contribution in [1.29, 1.82) is 0 Å². The maximum Gasteiger partial charge on any atom is 0.296 e. The quantitative estimate of drug-likeness (QED) is 0.708. The number of benzene rings is 2. The molecule has 28 heavy (non-hydrogen) atoms. The number of carbonyl (C=O) groups is 1. The van der Waals surface area contributed by atoms with Crippen LogP contribution < -0.4 is 0 Å². The molecule has 1 saturated heterocycles. The van der Waals surface area contributed by atoms with Gasteiger partial charge < -0.3 is 4.90 Å². The van der Waals surface area contributed by atoms with Crippen molar-refractivity contribution in [1.82, 2.24) is 4.90 Å². The van der Waals surface area contributed by atoms with Crippen LogP contribution in [0.1, 0.15) is 37.8 Å². The highest BCUT2D eigenvalue weighted by atomic mass is 32.2. The van der Waals surface area contributed by atoms with Gasteiger partial charge in [0.2, 0.25) is 5.91 Å². The van der Waals surface area contributed by atoms with Crippen molar-refractivity contribution >= 4 is 16.0 Å². The molecule has 1 fully saturated rings. The molecule has 152 valence electrons. The van der Waals surface area contributed by atoms with Gasteiger partial charge in [-0.1, -0.05) is 61.9 Å². The van der Waals surface area contributed by atoms with Gasteiger partial charge in [-0.25, -0.2) is 0 Å². The number of hydrogen-bond acceptors (Lipinski definition) is 4. The average Bonchev–Trinajstić information content (AvgIpc) is 3.14. The molecule has 2 aromatic carbocycles. The predicted molar refractivity (Wildman–Crippen MR) is 111 cm³/mol. The summed E-state index contributed by atoms with van der Waals surface area (Å²) in [7, 11) is -3.81. The van der Waals surface area contributed by atoms with Gasteiger partial charge in [0.1, 0.15) is 0 Å². The maximum absolute atomic E-state index is 12.5. The Morgan fingerprint density at radius 2 is 1.64 bits per heavy atom. The fourth-order valence-corrected chi connectivity index (χ4v) is 4.28. The number of hydrogen-bond donors (Lipinski definition) is 0. The van der Waals surface area contributed by atoms with Crippen LogP contribution in [0.2, 0.25) is 0 Å². The number of carbonyl (C=O) groups excluding carboxylic acids is 1. The van der Waals surface area contributed by atoms with E-state index >= 15 is 0 Å². The zero-order valence-corrected chi connectivity index (χ0v) is 17.8. The molecule has 0 radical (unpaired) electrons. The summed E-state index contributed by atoms with van der Waals surface area (Å²) in [5.74, 6) is -0.00957. The fourth-order valence-electron chi connectivity index (χ4n) is 3.33. The molecule has 2 aromatic rings. The molecule has 1 heterocycles. The highest BCUT2D eigenvalue weighted by Gasteiger charge is 2.36. The van der Waals surface area contributed by atoms with E-state index in [0.29, 0.717) is 13.1 Å². The lowest BCUT2D eigenvalue weighted by molar-refractivity contribution is -0.127. The monoisotopic (exact) mass is 403 g/mol. The summed E-state index contributed by atoms with van der Waals surface area (Å²) >= 11 is 0. The normalized spacial score (nSPS) is 19.1. The molecule has 0 unspecified atom stereocenters. The minimum absolute atomic E-state index is 0.00479. The smallest absolute Gasteiger partial charge is 0.296 e. The Morgan fingerprint density at radius 3 is 2.21 bits per heavy atom. The number of nitrogens with zero attached hydrogens (tertiary/aromatic N) is 1. The van der Waals surface area contributed by atoms with E-state index in [0.717, 1.165) is 11.1 Å². The van der Waals surface area contributed by atoms with Crippen LogP contribution in [0.5, 0.6) is 0 Å². The SMILES string of the molecule is CC.CC(=O)N1C[C@@H](COS(=O)(=O)c2ccc(C)cc2)[C@H](c2ccccc2)C1. The molecule has 0 bridgehead atoms. The summed E-state index contributed by atoms with van der Waals surface area (Å²) in [6.07, 6.45) is 0. The number of rotatable bonds is 5. The van der Waals surface area contributed by atoms with Crippen LogP contribution in [0.25, 0.3) is 0 Å². The summed E-state index contributed by atoms with van der Waals surface area (Å²) in [5, 5.41) is 0. The van der Waals surface area contributed by atoms with E-state index < -0.39 is 10.1 Å². The molecule has 6 heteroatoms. The van der Waals surface area contributed by atoms with Crippen molar-refractivity contribution in [3.8, 4) is 0 Å². The van der Waals surface area contributed by atoms with E-state index in [4.69, 9.17) is 4.18 Å². The third-order valence-corrected chi connectivity index (χ3v) is 6.16. The van der Waals surface area contributed by atoms with Crippen molar-refractivity contribution in [3.63, 3.8) is 0 Å². The molecule has 0 N–H and O–H groups in total. The lowest BCUT2D eigenvalue weighted by atomic mass is 9.90. The summed E-state index contributed by atoms with van der Waals surface area (Å²) in [6.45, 7) is 8.57. The van der Waals surface area contributed by atoms with Crippen LogP contribution in [-0.4, -0.2) is 38.9 Å². The molecule has 5 nitrogen and oxygen atoms in total. The Balaban J connectivity index is 0.00000136. The Kier molecular flexibility index (Phi) is 7.78. The molecule has 3 rings (SSSR count). The van der Waals surface area contributed by atoms with Crippen LogP contribution in [0.15, 0.2) is 59.5 Å². The Morgan fingerprint density at radius 1 is 1.04 bits per heavy atom. The molecule has 0 aliphatic carbocycles. The first-order valence-electron chi connectivity index (χ1n) is 9.63. The number of likely N-dealkylation sites (tertiary alicyclic amines) is 1. The van der Waals surface area contributed by atoms with E-state index in [9.17, 15) is 13.2 Å². The van der Waals surface area contributed by atoms with Gasteiger partial charge in [-0.3, -0.25) is 8.98 Å². The Labute approximate surface area is 168 Å². The van der Waals surface area contributed by atoms with Crippen molar-refractivity contribution < 1.29 is 17.4 Å². The zero-order valence-electron chi connectivity index (χ0n) is 17.0. The minimum atomic E-state index is -3.81. The standard InChI is InChI=1S/C20H23NO4S.C2H6/c1-15-8-10-19(11-9-15)26(23,24)25-14-18-12-21(16(2)22)13-20(18)17-6-4-3-5-7-17;1-2/h3-11,18,20H,12-14H2,1-2H3;1-2H3/t18-,20-;/m0./s1. The van der Waals surface area contributed by atoms with Gasteiger partial charge in [-0.05, 0) is 24.6 Å². The molecule has 0 spiro atoms. The Bertz CT molecular complexity index is 863. The number of amides is 1. The van der Waals surface area contributed by atoms with E-state index in [-0.39, 0.29) is 29.2 Å². The lowest BCUT2D eigenvalue weighted by Crippen LogP contribution is -2.26. The second-order valence-corrected chi connectivity index (χ2v) is 8.37. The topological polar surface area (TPSA) is 63.7 Å². The summed E-state index contributed by atoms with van der Waals surface area (Å²) < 4.78 is 30.3. The first-order chi connectivity index (χ1) is 13.4. The average molecular weight is 404 g/mol. The fraction of sp³-hybridized carbons (Fsp3) is 0.409. The largest absolute Gasteiger partial charge is 0.342 e. The Hall–Kier alpha value is -2.18. The summed E-state index contributed by atoms with van der Waals surface area (Å²) in [4.78, 5) is 13.7. The van der Waals surface area contributed by atoms with E-state index in [2.05, 4.69) is 0 Å². The predicted octanol–water partition coefficient (Wildman–Crippen LogP) is 3.99. The van der Waals surface area contributed by atoms with Gasteiger partial charge in [0.25, 0.3) is 10.1 Å². The van der Waals surface area contributed by atoms with Crippen LogP contribution >= 0.6 is 0 Å². The lowest BCUT2D eigenvalue weighted by Gasteiger charge is -2.18. The van der Waals surface area contributed by atoms with Crippen molar-refractivity contribution in [2.24, 2.45) is 5.92 Å². The van der Waals surface area contributed by atoms with Gasteiger partial charge in [-0.2, -0.15) is 8.42 Å². The summed E-state index contributed by atoms with van der Waals surface area (Å²) in [6, 6.07) is 16.5. The van der Waals surface area contributed by atoms with E-state index in [1.807, 2.05) is 51.1 Å². The maximum atomic E-state index is 12.5. The minimum Gasteiger partial charge on any atom is -0.342 e. The zero-order chi connectivity index (χ0) is 20.7. The van der Waals surface area contributed by atoms with Crippen molar-refractivity contribution in [3.05, 3.63) is 65.7 Å². The van der Waals surface area contributed by atoms with Crippen molar-refractivity contribution in [2.75, 3.05) is 19.7 Å². The van der Waals surface area contributed by atoms with Gasteiger partial charge >= 0.3 is 0 Å². The molecule has 1 aliphatic heterocycles. The second kappa shape index (κ2) is 9.85. The van der Waals surface area contributed by atoms with Gasteiger partial charge in [0.05, 0.1) is 11.5 Å². The molecule has 0 aromatic heterocycles. The number of aryl methyl sites for hydroxylation is 1. The van der Waals surface area contributed by atoms with Crippen LogP contribution in [0.3, 0.4) is 0 Å². The van der Waals surface area contributed by atoms with E-state index in [1.54, 1.807) is 29.2 Å². The van der Waals surface area contributed by atoms with Gasteiger partial charge in [0, 0.05) is 31.8 Å². The molecule has 1 aliphatic rings. The van der Waals surface area contributed by atoms with Gasteiger partial charge in [0.15, 0.2) is 0 Å². The molecular weight excluding hydrogens is 374 g/mol. The first-order valence-corrected chi connectivity index (χ1v) is 11.0. The first kappa shape index (κ1) is 22.1. The molecule has 0 saturated carbocycles. The second-order valence-electron chi connectivity index (χ2n) is 6.75. The van der Waals surface area contributed by atoms with Crippen molar-refractivity contribution in [2.45, 2.75) is 38.5 Å². The summed E-state index contributed by atoms with van der Waals surface area (Å²) in [5.41, 5.74) is 2.08. The van der Waals surface area contributed by atoms with Crippen LogP contribution in [0, 0.1) is 12.8 Å². The molecule has 1 amide bonds. The molecular formula is C22H29NO4S. The third-order valence-electron chi connectivity index (χ3n) is 4.86. The van der Waals surface area contributed by atoms with Crippen LogP contribution in [-0.2, 0) is 19.1 Å². The third kappa shape index (κ3) is 5.42. The highest BCUT2D eigenvalue weighted by molar-refractivity contribution is 7.86. The van der Waals surface area contributed by atoms with Crippen LogP contribution in [0.4, 0.5) is 0 Å². The highest BCUT2D eigenvalue weighted by Crippen LogP contribution is 2.33. The molecule has 2 atom stereocenters. The van der Waals surface area contributed by atoms with Gasteiger partial charge in [-0.15, -0.1) is 0 Å².